The molecule has 33 heavy (non-hydrogen) atoms. The lowest BCUT2D eigenvalue weighted by Gasteiger charge is -2.38. The molecule has 1 atom stereocenters. The van der Waals surface area contributed by atoms with E-state index in [1.165, 1.54) is 11.6 Å². The molecule has 0 N–H and O–H groups in total. The number of carbonyl (C=O) groups excluding carboxylic acids is 2. The molecule has 3 aliphatic rings. The fourth-order valence-electron chi connectivity index (χ4n) is 5.75. The van der Waals surface area contributed by atoms with Crippen molar-refractivity contribution < 1.29 is 14.3 Å². The van der Waals surface area contributed by atoms with Crippen molar-refractivity contribution in [2.45, 2.75) is 38.6 Å². The van der Waals surface area contributed by atoms with Crippen LogP contribution in [-0.2, 0) is 20.7 Å². The third-order valence-electron chi connectivity index (χ3n) is 7.51. The third-order valence-corrected chi connectivity index (χ3v) is 7.51. The highest BCUT2D eigenvalue weighted by Gasteiger charge is 2.52. The minimum atomic E-state index is -0.350. The number of piperidine rings is 1. The maximum atomic E-state index is 13.4. The number of tetrazole rings is 1. The van der Waals surface area contributed by atoms with Crippen LogP contribution in [0.5, 0.6) is 0 Å². The van der Waals surface area contributed by atoms with Crippen molar-refractivity contribution in [1.82, 2.24) is 29.8 Å². The van der Waals surface area contributed by atoms with E-state index >= 15 is 0 Å². The minimum Gasteiger partial charge on any atom is -0.456 e. The molecule has 2 saturated heterocycles. The highest BCUT2D eigenvalue weighted by atomic mass is 16.5. The fraction of sp³-hybridized carbons (Fsp3) is 0.458. The minimum absolute atomic E-state index is 0.106. The number of rotatable bonds is 4. The van der Waals surface area contributed by atoms with Crippen LogP contribution in [0.3, 0.4) is 0 Å². The van der Waals surface area contributed by atoms with Crippen LogP contribution in [0.4, 0.5) is 0 Å². The lowest BCUT2D eigenvalue weighted by atomic mass is 9.76. The lowest BCUT2D eigenvalue weighted by molar-refractivity contribution is -0.138. The molecular formula is C24H26N6O3. The van der Waals surface area contributed by atoms with Crippen LogP contribution in [0.1, 0.15) is 31.7 Å². The SMILES string of the molecule is C[C@@H]1CC2(CCN(CCc3ccc4c(ccc5nnnn54)c3)CC2)C(=O)N1C1=CC(=O)OC1. The average molecular weight is 447 g/mol. The molecule has 0 aliphatic carbocycles. The van der Waals surface area contributed by atoms with Gasteiger partial charge in [-0.1, -0.05) is 6.07 Å². The Bertz CT molecular complexity index is 1290. The van der Waals surface area contributed by atoms with Gasteiger partial charge in [-0.15, -0.1) is 5.10 Å². The molecule has 9 nitrogen and oxygen atoms in total. The number of ether oxygens (including phenoxy) is 1. The molecule has 0 radical (unpaired) electrons. The molecular weight excluding hydrogens is 420 g/mol. The first-order valence-corrected chi connectivity index (χ1v) is 11.6. The molecule has 6 rings (SSSR count). The Morgan fingerprint density at radius 3 is 2.79 bits per heavy atom. The van der Waals surface area contributed by atoms with Crippen molar-refractivity contribution in [3.63, 3.8) is 0 Å². The van der Waals surface area contributed by atoms with Crippen LogP contribution in [0, 0.1) is 5.41 Å². The van der Waals surface area contributed by atoms with E-state index in [9.17, 15) is 9.59 Å². The van der Waals surface area contributed by atoms with Gasteiger partial charge in [0, 0.05) is 24.0 Å². The quantitative estimate of drug-likeness (QED) is 0.566. The Hall–Kier alpha value is -3.33. The first-order valence-electron chi connectivity index (χ1n) is 11.6. The summed E-state index contributed by atoms with van der Waals surface area (Å²) in [6.07, 6.45) is 5.00. The highest BCUT2D eigenvalue weighted by molar-refractivity contribution is 5.91. The number of likely N-dealkylation sites (tertiary alicyclic amines) is 2. The van der Waals surface area contributed by atoms with Crippen LogP contribution in [0.15, 0.2) is 42.1 Å². The first kappa shape index (κ1) is 20.3. The number of nitrogens with zero attached hydrogens (tertiary/aromatic N) is 6. The van der Waals surface area contributed by atoms with Crippen LogP contribution in [-0.4, -0.2) is 74.0 Å². The number of pyridine rings is 1. The van der Waals surface area contributed by atoms with Crippen molar-refractivity contribution in [3.05, 3.63) is 47.7 Å². The summed E-state index contributed by atoms with van der Waals surface area (Å²) in [5, 5.41) is 12.9. The summed E-state index contributed by atoms with van der Waals surface area (Å²) in [7, 11) is 0. The van der Waals surface area contributed by atoms with Gasteiger partial charge in [-0.25, -0.2) is 4.79 Å². The van der Waals surface area contributed by atoms with Crippen molar-refractivity contribution >= 4 is 28.4 Å². The Labute approximate surface area is 191 Å². The van der Waals surface area contributed by atoms with Crippen LogP contribution in [0.25, 0.3) is 16.6 Å². The Morgan fingerprint density at radius 2 is 2.00 bits per heavy atom. The van der Waals surface area contributed by atoms with Gasteiger partial charge in [0.05, 0.1) is 16.6 Å². The molecule has 3 aliphatic heterocycles. The van der Waals surface area contributed by atoms with E-state index in [-0.39, 0.29) is 29.9 Å². The standard InChI is InChI=1S/C24H26N6O3/c1-16-14-24(23(32)29(16)19-13-22(31)33-15-19)7-10-28(11-8-24)9-6-17-2-4-20-18(12-17)3-5-21-25-26-27-30(20)21/h2-5,12-13,16H,6-11,14-15H2,1H3/t16-/m1/s1. The van der Waals surface area contributed by atoms with E-state index in [4.69, 9.17) is 4.74 Å². The molecule has 2 aromatic heterocycles. The van der Waals surface area contributed by atoms with E-state index in [0.717, 1.165) is 61.9 Å². The normalized spacial score (nSPS) is 23.1. The van der Waals surface area contributed by atoms with Crippen LogP contribution < -0.4 is 0 Å². The Kier molecular flexibility index (Phi) is 4.69. The van der Waals surface area contributed by atoms with Crippen molar-refractivity contribution in [2.24, 2.45) is 5.41 Å². The van der Waals surface area contributed by atoms with Gasteiger partial charge in [0.25, 0.3) is 0 Å². The van der Waals surface area contributed by atoms with Crippen molar-refractivity contribution in [3.8, 4) is 0 Å². The largest absolute Gasteiger partial charge is 0.456 e. The number of cyclic esters (lactones) is 1. The zero-order valence-electron chi connectivity index (χ0n) is 18.6. The number of benzene rings is 1. The molecule has 0 saturated carbocycles. The zero-order valence-corrected chi connectivity index (χ0v) is 18.6. The summed E-state index contributed by atoms with van der Waals surface area (Å²) in [4.78, 5) is 29.1. The Morgan fingerprint density at radius 1 is 1.15 bits per heavy atom. The van der Waals surface area contributed by atoms with Gasteiger partial charge in [-0.2, -0.15) is 4.52 Å². The number of hydrogen-bond donors (Lipinski definition) is 0. The number of amides is 1. The van der Waals surface area contributed by atoms with E-state index in [1.54, 1.807) is 4.52 Å². The zero-order chi connectivity index (χ0) is 22.6. The average Bonchev–Trinajstić information content (AvgIpc) is 3.52. The van der Waals surface area contributed by atoms with E-state index in [0.29, 0.717) is 5.70 Å². The number of carbonyl (C=O) groups is 2. The van der Waals surface area contributed by atoms with Gasteiger partial charge in [0.2, 0.25) is 5.91 Å². The maximum absolute atomic E-state index is 13.4. The van der Waals surface area contributed by atoms with Crippen molar-refractivity contribution in [2.75, 3.05) is 26.2 Å². The molecule has 3 aromatic rings. The smallest absolute Gasteiger partial charge is 0.333 e. The van der Waals surface area contributed by atoms with Gasteiger partial charge >= 0.3 is 5.97 Å². The van der Waals surface area contributed by atoms with Gasteiger partial charge in [-0.3, -0.25) is 4.79 Å². The number of fused-ring (bicyclic) bond motifs is 3. The molecule has 5 heterocycles. The van der Waals surface area contributed by atoms with Gasteiger partial charge in [0.15, 0.2) is 5.65 Å². The molecule has 9 heteroatoms. The molecule has 170 valence electrons. The number of esters is 1. The summed E-state index contributed by atoms with van der Waals surface area (Å²) in [5.41, 5.74) is 3.44. The van der Waals surface area contributed by atoms with Crippen LogP contribution >= 0.6 is 0 Å². The lowest BCUT2D eigenvalue weighted by Crippen LogP contribution is -2.45. The second-order valence-corrected chi connectivity index (χ2v) is 9.52. The highest BCUT2D eigenvalue weighted by Crippen LogP contribution is 2.46. The molecule has 2 fully saturated rings. The topological polar surface area (TPSA) is 92.9 Å². The predicted octanol–water partition coefficient (Wildman–Crippen LogP) is 1.96. The van der Waals surface area contributed by atoms with Gasteiger partial charge in [0.1, 0.15) is 6.61 Å². The van der Waals surface area contributed by atoms with Crippen molar-refractivity contribution in [1.29, 1.82) is 0 Å². The van der Waals surface area contributed by atoms with E-state index in [2.05, 4.69) is 51.6 Å². The third kappa shape index (κ3) is 3.38. The summed E-state index contributed by atoms with van der Waals surface area (Å²) in [6.45, 7) is 5.09. The molecule has 0 bridgehead atoms. The van der Waals surface area contributed by atoms with Crippen LogP contribution in [0.2, 0.25) is 0 Å². The van der Waals surface area contributed by atoms with E-state index < -0.39 is 0 Å². The number of aromatic nitrogens is 4. The predicted molar refractivity (Wildman–Crippen MR) is 120 cm³/mol. The maximum Gasteiger partial charge on any atom is 0.333 e. The molecule has 1 aromatic carbocycles. The Balaban J connectivity index is 1.10. The molecule has 0 unspecified atom stereocenters. The fourth-order valence-corrected chi connectivity index (χ4v) is 5.75. The summed E-state index contributed by atoms with van der Waals surface area (Å²) >= 11 is 0. The number of hydrogen-bond acceptors (Lipinski definition) is 7. The summed E-state index contributed by atoms with van der Waals surface area (Å²) in [5.74, 6) is -0.181. The summed E-state index contributed by atoms with van der Waals surface area (Å²) < 4.78 is 6.80. The molecule has 1 spiro atoms. The molecule has 1 amide bonds. The van der Waals surface area contributed by atoms with E-state index in [1.807, 2.05) is 11.0 Å². The van der Waals surface area contributed by atoms with Gasteiger partial charge in [-0.05, 0) is 86.0 Å². The monoisotopic (exact) mass is 446 g/mol. The first-order chi connectivity index (χ1) is 16.0. The van der Waals surface area contributed by atoms with Gasteiger partial charge < -0.3 is 14.5 Å². The second kappa shape index (κ2) is 7.62. The second-order valence-electron chi connectivity index (χ2n) is 9.52. The summed E-state index contributed by atoms with van der Waals surface area (Å²) in [6, 6.07) is 10.5.